The Morgan fingerprint density at radius 1 is 1.30 bits per heavy atom. The Labute approximate surface area is 117 Å². The molecule has 1 aromatic carbocycles. The lowest BCUT2D eigenvalue weighted by Gasteiger charge is -2.23. The largest absolute Gasteiger partial charge is 0.465 e. The van der Waals surface area contributed by atoms with Crippen LogP contribution in [-0.2, 0) is 4.74 Å². The fourth-order valence-corrected chi connectivity index (χ4v) is 2.16. The Morgan fingerprint density at radius 2 is 2.05 bits per heavy atom. The smallest absolute Gasteiger partial charge is 0.337 e. The first kappa shape index (κ1) is 14.3. The van der Waals surface area contributed by atoms with E-state index in [0.29, 0.717) is 11.3 Å². The van der Waals surface area contributed by atoms with Crippen molar-refractivity contribution in [3.63, 3.8) is 0 Å². The highest BCUT2D eigenvalue weighted by Gasteiger charge is 2.15. The number of hydrogen-bond acceptors (Lipinski definition) is 4. The lowest BCUT2D eigenvalue weighted by molar-refractivity contribution is 0.0600. The van der Waals surface area contributed by atoms with E-state index >= 15 is 0 Å². The molecule has 3 N–H and O–H groups in total. The molecular formula is C14H19N3O3. The SMILES string of the molecule is COC(=O)c1cccc(NC(=O)NC2CCNCC2)c1. The number of rotatable bonds is 3. The molecular weight excluding hydrogens is 258 g/mol. The molecule has 0 aromatic heterocycles. The molecule has 0 bridgehead atoms. The van der Waals surface area contributed by atoms with E-state index in [4.69, 9.17) is 0 Å². The number of hydrogen-bond donors (Lipinski definition) is 3. The molecule has 108 valence electrons. The van der Waals surface area contributed by atoms with Crippen LogP contribution in [0.3, 0.4) is 0 Å². The maximum absolute atomic E-state index is 11.9. The van der Waals surface area contributed by atoms with Gasteiger partial charge in [-0.2, -0.15) is 0 Å². The topological polar surface area (TPSA) is 79.5 Å². The lowest BCUT2D eigenvalue weighted by Crippen LogP contribution is -2.44. The maximum Gasteiger partial charge on any atom is 0.337 e. The van der Waals surface area contributed by atoms with E-state index < -0.39 is 5.97 Å². The van der Waals surface area contributed by atoms with Gasteiger partial charge in [0.25, 0.3) is 0 Å². The Morgan fingerprint density at radius 3 is 2.75 bits per heavy atom. The highest BCUT2D eigenvalue weighted by Crippen LogP contribution is 2.12. The van der Waals surface area contributed by atoms with Gasteiger partial charge in [-0.05, 0) is 44.1 Å². The number of ether oxygens (including phenoxy) is 1. The van der Waals surface area contributed by atoms with Crippen LogP contribution in [0.4, 0.5) is 10.5 Å². The highest BCUT2D eigenvalue weighted by atomic mass is 16.5. The minimum absolute atomic E-state index is 0.194. The molecule has 1 aromatic rings. The van der Waals surface area contributed by atoms with Gasteiger partial charge in [0.2, 0.25) is 0 Å². The van der Waals surface area contributed by atoms with Crippen LogP contribution in [0, 0.1) is 0 Å². The number of piperidine rings is 1. The Hall–Kier alpha value is -2.08. The number of esters is 1. The molecule has 1 aliphatic rings. The van der Waals surface area contributed by atoms with Gasteiger partial charge in [-0.25, -0.2) is 9.59 Å². The van der Waals surface area contributed by atoms with Crippen molar-refractivity contribution >= 4 is 17.7 Å². The third-order valence-electron chi connectivity index (χ3n) is 3.22. The van der Waals surface area contributed by atoms with Gasteiger partial charge in [-0.15, -0.1) is 0 Å². The van der Waals surface area contributed by atoms with Crippen LogP contribution in [0.2, 0.25) is 0 Å². The number of urea groups is 1. The van der Waals surface area contributed by atoms with Crippen LogP contribution in [0.5, 0.6) is 0 Å². The fraction of sp³-hybridized carbons (Fsp3) is 0.429. The van der Waals surface area contributed by atoms with Crippen molar-refractivity contribution in [3.8, 4) is 0 Å². The van der Waals surface area contributed by atoms with Gasteiger partial charge in [0.1, 0.15) is 0 Å². The van der Waals surface area contributed by atoms with Crippen LogP contribution >= 0.6 is 0 Å². The van der Waals surface area contributed by atoms with Crippen LogP contribution in [0.15, 0.2) is 24.3 Å². The summed E-state index contributed by atoms with van der Waals surface area (Å²) in [4.78, 5) is 23.3. The number of nitrogens with one attached hydrogen (secondary N) is 3. The van der Waals surface area contributed by atoms with Gasteiger partial charge < -0.3 is 20.7 Å². The maximum atomic E-state index is 11.9. The third-order valence-corrected chi connectivity index (χ3v) is 3.22. The van der Waals surface area contributed by atoms with Crippen LogP contribution in [0.1, 0.15) is 23.2 Å². The van der Waals surface area contributed by atoms with Crippen LogP contribution < -0.4 is 16.0 Å². The minimum atomic E-state index is -0.424. The Balaban J connectivity index is 1.91. The van der Waals surface area contributed by atoms with Gasteiger partial charge in [-0.1, -0.05) is 6.07 Å². The second-order valence-corrected chi connectivity index (χ2v) is 4.70. The molecule has 0 unspecified atom stereocenters. The quantitative estimate of drug-likeness (QED) is 0.729. The fourth-order valence-electron chi connectivity index (χ4n) is 2.16. The van der Waals surface area contributed by atoms with Gasteiger partial charge in [0.05, 0.1) is 12.7 Å². The van der Waals surface area contributed by atoms with E-state index in [2.05, 4.69) is 20.7 Å². The van der Waals surface area contributed by atoms with Crippen LogP contribution in [0.25, 0.3) is 0 Å². The average molecular weight is 277 g/mol. The van der Waals surface area contributed by atoms with Crippen molar-refractivity contribution in [2.24, 2.45) is 0 Å². The molecule has 2 amide bonds. The summed E-state index contributed by atoms with van der Waals surface area (Å²) in [6.45, 7) is 1.84. The zero-order valence-corrected chi connectivity index (χ0v) is 11.4. The predicted octanol–water partition coefficient (Wildman–Crippen LogP) is 1.35. The van der Waals surface area contributed by atoms with Gasteiger partial charge >= 0.3 is 12.0 Å². The molecule has 6 heteroatoms. The molecule has 20 heavy (non-hydrogen) atoms. The summed E-state index contributed by atoms with van der Waals surface area (Å²) in [5.74, 6) is -0.424. The second-order valence-electron chi connectivity index (χ2n) is 4.70. The molecule has 1 saturated heterocycles. The predicted molar refractivity (Wildman–Crippen MR) is 75.8 cm³/mol. The van der Waals surface area contributed by atoms with Crippen molar-refractivity contribution in [1.82, 2.24) is 10.6 Å². The highest BCUT2D eigenvalue weighted by molar-refractivity contribution is 5.93. The summed E-state index contributed by atoms with van der Waals surface area (Å²) in [5.41, 5.74) is 0.978. The third kappa shape index (κ3) is 3.96. The van der Waals surface area contributed by atoms with E-state index in [9.17, 15) is 9.59 Å². The summed E-state index contributed by atoms with van der Waals surface area (Å²) < 4.78 is 4.64. The summed E-state index contributed by atoms with van der Waals surface area (Å²) in [6.07, 6.45) is 1.85. The van der Waals surface area contributed by atoms with E-state index in [1.54, 1.807) is 24.3 Å². The number of anilines is 1. The van der Waals surface area contributed by atoms with Gasteiger partial charge in [-0.3, -0.25) is 0 Å². The number of methoxy groups -OCH3 is 1. The molecule has 0 aliphatic carbocycles. The van der Waals surface area contributed by atoms with E-state index in [0.717, 1.165) is 25.9 Å². The van der Waals surface area contributed by atoms with Crippen molar-refractivity contribution in [1.29, 1.82) is 0 Å². The van der Waals surface area contributed by atoms with Crippen molar-refractivity contribution < 1.29 is 14.3 Å². The Kier molecular flexibility index (Phi) is 4.95. The molecule has 0 saturated carbocycles. The monoisotopic (exact) mass is 277 g/mol. The van der Waals surface area contributed by atoms with E-state index in [1.165, 1.54) is 7.11 Å². The molecule has 1 aliphatic heterocycles. The molecule has 0 radical (unpaired) electrons. The zero-order chi connectivity index (χ0) is 14.4. The van der Waals surface area contributed by atoms with Gasteiger partial charge in [0, 0.05) is 11.7 Å². The molecule has 2 rings (SSSR count). The van der Waals surface area contributed by atoms with Crippen molar-refractivity contribution in [3.05, 3.63) is 29.8 Å². The molecule has 6 nitrogen and oxygen atoms in total. The summed E-state index contributed by atoms with van der Waals surface area (Å²) >= 11 is 0. The second kappa shape index (κ2) is 6.91. The van der Waals surface area contributed by atoms with E-state index in [-0.39, 0.29) is 12.1 Å². The molecule has 1 heterocycles. The summed E-state index contributed by atoms with van der Waals surface area (Å²) in [7, 11) is 1.33. The number of amides is 2. The first-order valence-electron chi connectivity index (χ1n) is 6.65. The van der Waals surface area contributed by atoms with Gasteiger partial charge in [0.15, 0.2) is 0 Å². The normalized spacial score (nSPS) is 15.4. The number of carbonyl (C=O) groups excluding carboxylic acids is 2. The van der Waals surface area contributed by atoms with Crippen molar-refractivity contribution in [2.45, 2.75) is 18.9 Å². The first-order chi connectivity index (χ1) is 9.69. The standard InChI is InChI=1S/C14H19N3O3/c1-20-13(18)10-3-2-4-12(9-10)17-14(19)16-11-5-7-15-8-6-11/h2-4,9,11,15H,5-8H2,1H3,(H2,16,17,19). The number of benzene rings is 1. The van der Waals surface area contributed by atoms with Crippen molar-refractivity contribution in [2.75, 3.05) is 25.5 Å². The Bertz CT molecular complexity index is 484. The van der Waals surface area contributed by atoms with Crippen LogP contribution in [-0.4, -0.2) is 38.2 Å². The lowest BCUT2D eigenvalue weighted by atomic mass is 10.1. The minimum Gasteiger partial charge on any atom is -0.465 e. The molecule has 0 atom stereocenters. The summed E-state index contributed by atoms with van der Waals surface area (Å²) in [6, 6.07) is 6.61. The first-order valence-corrected chi connectivity index (χ1v) is 6.65. The van der Waals surface area contributed by atoms with E-state index in [1.807, 2.05) is 0 Å². The molecule has 0 spiro atoms. The summed E-state index contributed by atoms with van der Waals surface area (Å²) in [5, 5.41) is 8.90. The average Bonchev–Trinajstić information content (AvgIpc) is 2.47. The number of carbonyl (C=O) groups is 2. The zero-order valence-electron chi connectivity index (χ0n) is 11.4. The molecule has 1 fully saturated rings.